The van der Waals surface area contributed by atoms with E-state index < -0.39 is 0 Å². The topological polar surface area (TPSA) is 60.0 Å². The van der Waals surface area contributed by atoms with Crippen molar-refractivity contribution in [1.82, 2.24) is 19.9 Å². The average molecular weight is 209 g/mol. The van der Waals surface area contributed by atoms with Gasteiger partial charge in [0.1, 0.15) is 0 Å². The lowest BCUT2D eigenvalue weighted by Gasteiger charge is -2.31. The Morgan fingerprint density at radius 2 is 2.47 bits per heavy atom. The number of piperidine rings is 1. The van der Waals surface area contributed by atoms with Crippen LogP contribution in [0.15, 0.2) is 6.20 Å². The summed E-state index contributed by atoms with van der Waals surface area (Å²) in [6.45, 7) is 6.10. The van der Waals surface area contributed by atoms with Crippen LogP contribution < -0.4 is 5.73 Å². The molecule has 0 bridgehead atoms. The van der Waals surface area contributed by atoms with Gasteiger partial charge in [0.2, 0.25) is 0 Å². The number of likely N-dealkylation sites (tertiary alicyclic amines) is 1. The molecule has 0 spiro atoms. The van der Waals surface area contributed by atoms with E-state index in [2.05, 4.69) is 22.1 Å². The maximum absolute atomic E-state index is 5.52. The molecule has 0 saturated carbocycles. The monoisotopic (exact) mass is 209 g/mol. The molecule has 1 atom stereocenters. The van der Waals surface area contributed by atoms with Crippen molar-refractivity contribution in [3.8, 4) is 0 Å². The molecule has 5 nitrogen and oxygen atoms in total. The predicted octanol–water partition coefficient (Wildman–Crippen LogP) is 0.394. The molecule has 2 N–H and O–H groups in total. The lowest BCUT2D eigenvalue weighted by molar-refractivity contribution is 0.176. The number of likely N-dealkylation sites (N-methyl/N-ethyl adjacent to an activating group) is 1. The normalized spacial score (nSPS) is 23.2. The molecule has 0 aromatic carbocycles. The fraction of sp³-hybridized carbons (Fsp3) is 0.800. The van der Waals surface area contributed by atoms with Crippen molar-refractivity contribution >= 4 is 0 Å². The van der Waals surface area contributed by atoms with Crippen molar-refractivity contribution in [3.63, 3.8) is 0 Å². The van der Waals surface area contributed by atoms with Crippen LogP contribution in [-0.2, 0) is 6.54 Å². The van der Waals surface area contributed by atoms with Gasteiger partial charge in [-0.2, -0.15) is 0 Å². The summed E-state index contributed by atoms with van der Waals surface area (Å²) in [6.07, 6.45) is 4.42. The van der Waals surface area contributed by atoms with Crippen LogP contribution in [0.2, 0.25) is 0 Å². The second kappa shape index (κ2) is 4.72. The van der Waals surface area contributed by atoms with E-state index in [0.717, 1.165) is 18.8 Å². The first-order chi connectivity index (χ1) is 7.33. The molecule has 84 valence electrons. The molecule has 1 aromatic heterocycles. The maximum atomic E-state index is 5.52. The van der Waals surface area contributed by atoms with E-state index in [1.807, 2.05) is 10.9 Å². The molecule has 1 aliphatic rings. The zero-order valence-corrected chi connectivity index (χ0v) is 9.26. The standard InChI is InChI=1S/C10H19N5/c1-2-14-5-3-4-10(8-14)15-7-9(6-11)12-13-15/h7,10H,2-6,8,11H2,1H3. The van der Waals surface area contributed by atoms with Gasteiger partial charge in [0.15, 0.2) is 0 Å². The Morgan fingerprint density at radius 1 is 1.60 bits per heavy atom. The summed E-state index contributed by atoms with van der Waals surface area (Å²) in [5.41, 5.74) is 6.40. The van der Waals surface area contributed by atoms with Gasteiger partial charge in [-0.3, -0.25) is 0 Å². The van der Waals surface area contributed by atoms with Gasteiger partial charge in [-0.1, -0.05) is 12.1 Å². The zero-order chi connectivity index (χ0) is 10.7. The number of hydrogen-bond acceptors (Lipinski definition) is 4. The summed E-state index contributed by atoms with van der Waals surface area (Å²) >= 11 is 0. The summed E-state index contributed by atoms with van der Waals surface area (Å²) in [6, 6.07) is 0.478. The summed E-state index contributed by atoms with van der Waals surface area (Å²) < 4.78 is 1.98. The van der Waals surface area contributed by atoms with E-state index in [-0.39, 0.29) is 0 Å². The molecule has 0 amide bonds. The van der Waals surface area contributed by atoms with Gasteiger partial charge in [0.25, 0.3) is 0 Å². The van der Waals surface area contributed by atoms with Crippen molar-refractivity contribution < 1.29 is 0 Å². The maximum Gasteiger partial charge on any atom is 0.0962 e. The minimum absolute atomic E-state index is 0.476. The molecule has 0 radical (unpaired) electrons. The van der Waals surface area contributed by atoms with Gasteiger partial charge in [-0.25, -0.2) is 4.68 Å². The Labute approximate surface area is 90.2 Å². The number of rotatable bonds is 3. The van der Waals surface area contributed by atoms with E-state index in [0.29, 0.717) is 12.6 Å². The van der Waals surface area contributed by atoms with Crippen LogP contribution >= 0.6 is 0 Å². The Hall–Kier alpha value is -0.940. The second-order valence-electron chi connectivity index (χ2n) is 4.08. The molecule has 1 aromatic rings. The van der Waals surface area contributed by atoms with Gasteiger partial charge < -0.3 is 10.6 Å². The minimum Gasteiger partial charge on any atom is -0.325 e. The van der Waals surface area contributed by atoms with E-state index in [1.165, 1.54) is 19.4 Å². The summed E-state index contributed by atoms with van der Waals surface area (Å²) in [7, 11) is 0. The largest absolute Gasteiger partial charge is 0.325 e. The highest BCUT2D eigenvalue weighted by Gasteiger charge is 2.20. The Morgan fingerprint density at radius 3 is 3.13 bits per heavy atom. The quantitative estimate of drug-likeness (QED) is 0.782. The van der Waals surface area contributed by atoms with E-state index in [9.17, 15) is 0 Å². The smallest absolute Gasteiger partial charge is 0.0962 e. The summed E-state index contributed by atoms with van der Waals surface area (Å²) in [4.78, 5) is 2.46. The van der Waals surface area contributed by atoms with E-state index in [4.69, 9.17) is 5.73 Å². The molecule has 2 heterocycles. The molecule has 0 aliphatic carbocycles. The van der Waals surface area contributed by atoms with Gasteiger partial charge >= 0.3 is 0 Å². The Kier molecular flexibility index (Phi) is 3.33. The molecular weight excluding hydrogens is 190 g/mol. The first-order valence-electron chi connectivity index (χ1n) is 5.66. The lowest BCUT2D eigenvalue weighted by atomic mass is 10.1. The number of aromatic nitrogens is 3. The lowest BCUT2D eigenvalue weighted by Crippen LogP contribution is -2.36. The van der Waals surface area contributed by atoms with Crippen LogP contribution in [0.1, 0.15) is 31.5 Å². The average Bonchev–Trinajstić information content (AvgIpc) is 2.78. The highest BCUT2D eigenvalue weighted by atomic mass is 15.4. The molecule has 1 unspecified atom stereocenters. The van der Waals surface area contributed by atoms with Crippen molar-refractivity contribution in [1.29, 1.82) is 0 Å². The molecule has 1 aliphatic heterocycles. The molecule has 1 saturated heterocycles. The molecule has 1 fully saturated rings. The van der Waals surface area contributed by atoms with Crippen molar-refractivity contribution in [2.24, 2.45) is 5.73 Å². The number of nitrogens with zero attached hydrogens (tertiary/aromatic N) is 4. The first kappa shape index (κ1) is 10.6. The van der Waals surface area contributed by atoms with Crippen LogP contribution in [0, 0.1) is 0 Å². The Bertz CT molecular complexity index is 309. The highest BCUT2D eigenvalue weighted by molar-refractivity contribution is 4.93. The summed E-state index contributed by atoms with van der Waals surface area (Å²) in [5.74, 6) is 0. The van der Waals surface area contributed by atoms with Crippen molar-refractivity contribution in [2.45, 2.75) is 32.4 Å². The first-order valence-corrected chi connectivity index (χ1v) is 5.66. The van der Waals surface area contributed by atoms with Gasteiger partial charge in [-0.15, -0.1) is 5.10 Å². The third-order valence-electron chi connectivity index (χ3n) is 3.07. The SMILES string of the molecule is CCN1CCCC(n2cc(CN)nn2)C1. The van der Waals surface area contributed by atoms with Crippen LogP contribution in [0.3, 0.4) is 0 Å². The van der Waals surface area contributed by atoms with Gasteiger partial charge in [0.05, 0.1) is 17.9 Å². The summed E-state index contributed by atoms with van der Waals surface area (Å²) in [5, 5.41) is 8.17. The van der Waals surface area contributed by atoms with Crippen LogP contribution in [0.25, 0.3) is 0 Å². The van der Waals surface area contributed by atoms with E-state index >= 15 is 0 Å². The molecule has 5 heteroatoms. The van der Waals surface area contributed by atoms with Crippen molar-refractivity contribution in [2.75, 3.05) is 19.6 Å². The van der Waals surface area contributed by atoms with Crippen LogP contribution in [-0.4, -0.2) is 39.5 Å². The third kappa shape index (κ3) is 2.35. The van der Waals surface area contributed by atoms with Crippen molar-refractivity contribution in [3.05, 3.63) is 11.9 Å². The van der Waals surface area contributed by atoms with Gasteiger partial charge in [-0.05, 0) is 25.9 Å². The molecule has 15 heavy (non-hydrogen) atoms. The van der Waals surface area contributed by atoms with Gasteiger partial charge in [0, 0.05) is 13.1 Å². The zero-order valence-electron chi connectivity index (χ0n) is 9.26. The highest BCUT2D eigenvalue weighted by Crippen LogP contribution is 2.20. The fourth-order valence-corrected chi connectivity index (χ4v) is 2.12. The molecule has 2 rings (SSSR count). The second-order valence-corrected chi connectivity index (χ2v) is 4.08. The number of hydrogen-bond donors (Lipinski definition) is 1. The van der Waals surface area contributed by atoms with E-state index in [1.54, 1.807) is 0 Å². The fourth-order valence-electron chi connectivity index (χ4n) is 2.12. The van der Waals surface area contributed by atoms with Crippen LogP contribution in [0.5, 0.6) is 0 Å². The Balaban J connectivity index is 2.03. The minimum atomic E-state index is 0.476. The third-order valence-corrected chi connectivity index (χ3v) is 3.07. The number of nitrogens with two attached hydrogens (primary N) is 1. The predicted molar refractivity (Wildman–Crippen MR) is 58.3 cm³/mol. The van der Waals surface area contributed by atoms with Crippen LogP contribution in [0.4, 0.5) is 0 Å². The molecular formula is C10H19N5.